The van der Waals surface area contributed by atoms with E-state index in [2.05, 4.69) is 5.32 Å². The first kappa shape index (κ1) is 15.9. The predicted molar refractivity (Wildman–Crippen MR) is 82.7 cm³/mol. The van der Waals surface area contributed by atoms with Gasteiger partial charge in [-0.3, -0.25) is 10.1 Å². The Bertz CT molecular complexity index is 587. The molecular formula is C16H18N2O4. The summed E-state index contributed by atoms with van der Waals surface area (Å²) in [5.41, 5.74) is 1.16. The van der Waals surface area contributed by atoms with Crippen LogP contribution in [0.25, 0.3) is 0 Å². The molecule has 22 heavy (non-hydrogen) atoms. The summed E-state index contributed by atoms with van der Waals surface area (Å²) < 4.78 is 5.39. The van der Waals surface area contributed by atoms with E-state index in [1.807, 2.05) is 30.3 Å². The molecule has 0 heterocycles. The third-order valence-corrected chi connectivity index (χ3v) is 3.04. The minimum absolute atomic E-state index is 0.0115. The van der Waals surface area contributed by atoms with Gasteiger partial charge < -0.3 is 15.2 Å². The Morgan fingerprint density at radius 2 is 1.82 bits per heavy atom. The van der Waals surface area contributed by atoms with Crippen molar-refractivity contribution in [2.24, 2.45) is 0 Å². The Morgan fingerprint density at radius 3 is 2.45 bits per heavy atom. The second kappa shape index (κ2) is 8.11. The first-order chi connectivity index (χ1) is 10.6. The van der Waals surface area contributed by atoms with Gasteiger partial charge in [-0.25, -0.2) is 0 Å². The number of non-ortho nitro benzene ring substituents is 1. The highest BCUT2D eigenvalue weighted by Gasteiger charge is 2.07. The van der Waals surface area contributed by atoms with Crippen molar-refractivity contribution in [2.45, 2.75) is 12.6 Å². The van der Waals surface area contributed by atoms with Crippen molar-refractivity contribution in [3.63, 3.8) is 0 Å². The highest BCUT2D eigenvalue weighted by molar-refractivity contribution is 5.35. The third-order valence-electron chi connectivity index (χ3n) is 3.04. The smallest absolute Gasteiger partial charge is 0.269 e. The lowest BCUT2D eigenvalue weighted by Crippen LogP contribution is -2.31. The zero-order valence-corrected chi connectivity index (χ0v) is 12.0. The number of benzene rings is 2. The molecule has 1 atom stereocenters. The Balaban J connectivity index is 1.69. The van der Waals surface area contributed by atoms with Gasteiger partial charge in [0.15, 0.2) is 0 Å². The molecule has 0 spiro atoms. The molecule has 2 aromatic carbocycles. The fourth-order valence-electron chi connectivity index (χ4n) is 1.89. The van der Waals surface area contributed by atoms with E-state index in [-0.39, 0.29) is 12.3 Å². The third kappa shape index (κ3) is 5.16. The summed E-state index contributed by atoms with van der Waals surface area (Å²) in [4.78, 5) is 10.1. The Hall–Kier alpha value is -2.44. The molecular weight excluding hydrogens is 284 g/mol. The Morgan fingerprint density at radius 1 is 1.14 bits per heavy atom. The highest BCUT2D eigenvalue weighted by Crippen LogP contribution is 2.17. The van der Waals surface area contributed by atoms with E-state index >= 15 is 0 Å². The van der Waals surface area contributed by atoms with Gasteiger partial charge in [0.1, 0.15) is 18.5 Å². The van der Waals surface area contributed by atoms with Crippen molar-refractivity contribution in [3.05, 3.63) is 70.3 Å². The molecule has 0 fully saturated rings. The van der Waals surface area contributed by atoms with Gasteiger partial charge in [-0.15, -0.1) is 0 Å². The second-order valence-electron chi connectivity index (χ2n) is 4.83. The summed E-state index contributed by atoms with van der Waals surface area (Å²) in [6.07, 6.45) is -0.654. The van der Waals surface area contributed by atoms with Crippen LogP contribution in [-0.4, -0.2) is 29.3 Å². The van der Waals surface area contributed by atoms with Gasteiger partial charge >= 0.3 is 0 Å². The first-order valence-corrected chi connectivity index (χ1v) is 6.95. The fraction of sp³-hybridized carbons (Fsp3) is 0.250. The zero-order chi connectivity index (χ0) is 15.8. The maximum Gasteiger partial charge on any atom is 0.269 e. The Labute approximate surface area is 128 Å². The van der Waals surface area contributed by atoms with E-state index in [0.29, 0.717) is 18.8 Å². The van der Waals surface area contributed by atoms with Crippen LogP contribution >= 0.6 is 0 Å². The molecule has 0 saturated carbocycles. The standard InChI is InChI=1S/C16H18N2O4/c19-15(11-17-10-13-4-2-1-3-5-13)12-22-16-8-6-14(7-9-16)18(20)21/h1-9,15,17,19H,10-12H2/t15-/m1/s1. The van der Waals surface area contributed by atoms with Gasteiger partial charge in [0.25, 0.3) is 5.69 Å². The molecule has 0 aliphatic rings. The molecule has 0 unspecified atom stereocenters. The Kier molecular flexibility index (Phi) is 5.88. The largest absolute Gasteiger partial charge is 0.491 e. The summed E-state index contributed by atoms with van der Waals surface area (Å²) in [6.45, 7) is 1.21. The van der Waals surface area contributed by atoms with Gasteiger partial charge in [0.05, 0.1) is 4.92 Å². The average Bonchev–Trinajstić information content (AvgIpc) is 2.54. The van der Waals surface area contributed by atoms with Crippen molar-refractivity contribution < 1.29 is 14.8 Å². The van der Waals surface area contributed by atoms with Crippen LogP contribution in [0.3, 0.4) is 0 Å². The number of nitro groups is 1. The number of nitrogens with zero attached hydrogens (tertiary/aromatic N) is 1. The van der Waals surface area contributed by atoms with Gasteiger partial charge in [-0.05, 0) is 17.7 Å². The highest BCUT2D eigenvalue weighted by atomic mass is 16.6. The summed E-state index contributed by atoms with van der Waals surface area (Å²) in [7, 11) is 0. The number of ether oxygens (including phenoxy) is 1. The second-order valence-corrected chi connectivity index (χ2v) is 4.83. The van der Waals surface area contributed by atoms with Crippen molar-refractivity contribution >= 4 is 5.69 Å². The molecule has 2 N–H and O–H groups in total. The van der Waals surface area contributed by atoms with Crippen LogP contribution in [0.5, 0.6) is 5.75 Å². The molecule has 0 aliphatic heterocycles. The summed E-state index contributed by atoms with van der Waals surface area (Å²) in [5.74, 6) is 0.493. The number of rotatable bonds is 8. The van der Waals surface area contributed by atoms with E-state index in [1.165, 1.54) is 24.3 Å². The van der Waals surface area contributed by atoms with Crippen molar-refractivity contribution in [2.75, 3.05) is 13.2 Å². The normalized spacial score (nSPS) is 11.9. The van der Waals surface area contributed by atoms with E-state index in [4.69, 9.17) is 4.74 Å². The molecule has 116 valence electrons. The van der Waals surface area contributed by atoms with Crippen LogP contribution in [0.4, 0.5) is 5.69 Å². The van der Waals surface area contributed by atoms with Crippen molar-refractivity contribution in [1.29, 1.82) is 0 Å². The van der Waals surface area contributed by atoms with E-state index < -0.39 is 11.0 Å². The quantitative estimate of drug-likeness (QED) is 0.576. The monoisotopic (exact) mass is 302 g/mol. The molecule has 0 amide bonds. The molecule has 6 nitrogen and oxygen atoms in total. The summed E-state index contributed by atoms with van der Waals surface area (Å²) >= 11 is 0. The van der Waals surface area contributed by atoms with E-state index in [1.54, 1.807) is 0 Å². The summed E-state index contributed by atoms with van der Waals surface area (Å²) in [5, 5.41) is 23.5. The number of hydrogen-bond donors (Lipinski definition) is 2. The van der Waals surface area contributed by atoms with Crippen molar-refractivity contribution in [1.82, 2.24) is 5.32 Å². The van der Waals surface area contributed by atoms with Crippen LogP contribution in [0.1, 0.15) is 5.56 Å². The van der Waals surface area contributed by atoms with E-state index in [0.717, 1.165) is 5.56 Å². The van der Waals surface area contributed by atoms with Gasteiger partial charge in [-0.1, -0.05) is 30.3 Å². The SMILES string of the molecule is O=[N+]([O-])c1ccc(OC[C@H](O)CNCc2ccccc2)cc1. The molecule has 0 aromatic heterocycles. The van der Waals surface area contributed by atoms with Crippen LogP contribution < -0.4 is 10.1 Å². The lowest BCUT2D eigenvalue weighted by molar-refractivity contribution is -0.384. The minimum atomic E-state index is -0.654. The molecule has 0 saturated heterocycles. The molecule has 0 radical (unpaired) electrons. The van der Waals surface area contributed by atoms with Crippen LogP contribution in [-0.2, 0) is 6.54 Å². The molecule has 6 heteroatoms. The number of aliphatic hydroxyl groups excluding tert-OH is 1. The predicted octanol–water partition coefficient (Wildman–Crippen LogP) is 2.12. The molecule has 0 bridgehead atoms. The number of aliphatic hydroxyl groups is 1. The van der Waals surface area contributed by atoms with Crippen LogP contribution in [0.2, 0.25) is 0 Å². The number of nitrogens with one attached hydrogen (secondary N) is 1. The average molecular weight is 302 g/mol. The first-order valence-electron chi connectivity index (χ1n) is 6.95. The van der Waals surface area contributed by atoms with Gasteiger partial charge in [0, 0.05) is 25.2 Å². The van der Waals surface area contributed by atoms with E-state index in [9.17, 15) is 15.2 Å². The molecule has 2 rings (SSSR count). The minimum Gasteiger partial charge on any atom is -0.491 e. The van der Waals surface area contributed by atoms with Crippen LogP contribution in [0.15, 0.2) is 54.6 Å². The maximum absolute atomic E-state index is 10.5. The molecule has 0 aliphatic carbocycles. The van der Waals surface area contributed by atoms with Gasteiger partial charge in [0.2, 0.25) is 0 Å². The van der Waals surface area contributed by atoms with Crippen LogP contribution in [0, 0.1) is 10.1 Å². The number of hydrogen-bond acceptors (Lipinski definition) is 5. The lowest BCUT2D eigenvalue weighted by Gasteiger charge is -2.13. The molecule has 2 aromatic rings. The van der Waals surface area contributed by atoms with Gasteiger partial charge in [-0.2, -0.15) is 0 Å². The number of nitro benzene ring substituents is 1. The lowest BCUT2D eigenvalue weighted by atomic mass is 10.2. The topological polar surface area (TPSA) is 84.6 Å². The zero-order valence-electron chi connectivity index (χ0n) is 12.0. The van der Waals surface area contributed by atoms with Crippen molar-refractivity contribution in [3.8, 4) is 5.75 Å². The fourth-order valence-corrected chi connectivity index (χ4v) is 1.89. The summed E-state index contributed by atoms with van der Waals surface area (Å²) in [6, 6.07) is 15.7. The maximum atomic E-state index is 10.5.